The molecule has 2 N–H and O–H groups in total. The summed E-state index contributed by atoms with van der Waals surface area (Å²) < 4.78 is 0. The molecule has 0 bridgehead atoms. The van der Waals surface area contributed by atoms with Crippen molar-refractivity contribution in [3.63, 3.8) is 0 Å². The molecule has 0 fully saturated rings. The highest BCUT2D eigenvalue weighted by Gasteiger charge is 2.06. The van der Waals surface area contributed by atoms with Crippen LogP contribution in [0.1, 0.15) is 20.2 Å². The number of thiazole rings is 1. The second-order valence-electron chi connectivity index (χ2n) is 3.02. The first kappa shape index (κ1) is 15.8. The molecule has 0 spiro atoms. The van der Waals surface area contributed by atoms with Gasteiger partial charge in [0.15, 0.2) is 0 Å². The minimum absolute atomic E-state index is 0. The monoisotopic (exact) mass is 291 g/mol. The average Bonchev–Trinajstić information content (AvgIpc) is 2.68. The maximum Gasteiger partial charge on any atom is 0.260 e. The fourth-order valence-electron chi connectivity index (χ4n) is 1.18. The van der Waals surface area contributed by atoms with Gasteiger partial charge in [0.1, 0.15) is 4.88 Å². The van der Waals surface area contributed by atoms with E-state index in [1.165, 1.54) is 17.5 Å². The normalized spacial score (nSPS) is 8.94. The number of aromatic nitrogens is 2. The van der Waals surface area contributed by atoms with Crippen LogP contribution in [0, 0.1) is 0 Å². The molecule has 7 heteroatoms. The van der Waals surface area contributed by atoms with Gasteiger partial charge in [0.05, 0.1) is 11.2 Å². The number of hydrogen-bond donors (Lipinski definition) is 1. The summed E-state index contributed by atoms with van der Waals surface area (Å²) in [6.07, 6.45) is 5.70. The molecule has 2 heterocycles. The fourth-order valence-corrected chi connectivity index (χ4v) is 1.99. The molecule has 4 nitrogen and oxygen atoms in total. The Bertz CT molecular complexity index is 475. The summed E-state index contributed by atoms with van der Waals surface area (Å²) in [5, 5.41) is 0.872. The van der Waals surface area contributed by atoms with E-state index in [1.807, 2.05) is 12.1 Å². The van der Waals surface area contributed by atoms with Crippen LogP contribution in [0.5, 0.6) is 0 Å². The Kier molecular flexibility index (Phi) is 6.72. The van der Waals surface area contributed by atoms with Crippen molar-refractivity contribution in [2.75, 3.05) is 0 Å². The third-order valence-corrected chi connectivity index (χ3v) is 2.89. The summed E-state index contributed by atoms with van der Waals surface area (Å²) in [7, 11) is 0. The first-order valence-electron chi connectivity index (χ1n) is 4.39. The molecular weight excluding hydrogens is 281 g/mol. The van der Waals surface area contributed by atoms with Gasteiger partial charge in [0, 0.05) is 18.8 Å². The van der Waals surface area contributed by atoms with E-state index in [0.717, 1.165) is 10.6 Å². The van der Waals surface area contributed by atoms with Crippen LogP contribution in [0.2, 0.25) is 0 Å². The van der Waals surface area contributed by atoms with E-state index >= 15 is 0 Å². The van der Waals surface area contributed by atoms with Gasteiger partial charge in [-0.2, -0.15) is 0 Å². The van der Waals surface area contributed by atoms with E-state index < -0.39 is 5.91 Å². The maximum atomic E-state index is 10.8. The highest BCUT2D eigenvalue weighted by molar-refractivity contribution is 7.13. The van der Waals surface area contributed by atoms with Crippen molar-refractivity contribution in [2.45, 2.75) is 6.42 Å². The minimum atomic E-state index is -0.426. The molecule has 0 aliphatic carbocycles. The van der Waals surface area contributed by atoms with Crippen molar-refractivity contribution in [1.82, 2.24) is 9.97 Å². The summed E-state index contributed by atoms with van der Waals surface area (Å²) >= 11 is 1.32. The van der Waals surface area contributed by atoms with Crippen LogP contribution in [0.15, 0.2) is 30.7 Å². The molecule has 0 aliphatic rings. The Balaban J connectivity index is 0.00000128. The van der Waals surface area contributed by atoms with Gasteiger partial charge in [0.25, 0.3) is 5.91 Å². The van der Waals surface area contributed by atoms with E-state index in [2.05, 4.69) is 9.97 Å². The van der Waals surface area contributed by atoms with Gasteiger partial charge in [-0.25, -0.2) is 4.98 Å². The topological polar surface area (TPSA) is 68.9 Å². The van der Waals surface area contributed by atoms with Gasteiger partial charge in [-0.1, -0.05) is 6.07 Å². The van der Waals surface area contributed by atoms with Crippen LogP contribution < -0.4 is 5.73 Å². The number of nitrogens with two attached hydrogens (primary N) is 1. The fraction of sp³-hybridized carbons (Fsp3) is 0.100. The van der Waals surface area contributed by atoms with Crippen LogP contribution in [0.25, 0.3) is 0 Å². The smallest absolute Gasteiger partial charge is 0.260 e. The molecular formula is C10H11Cl2N3OS. The lowest BCUT2D eigenvalue weighted by Crippen LogP contribution is -2.08. The molecule has 92 valence electrons. The number of pyridine rings is 1. The molecule has 0 saturated heterocycles. The zero-order valence-corrected chi connectivity index (χ0v) is 11.1. The Morgan fingerprint density at radius 1 is 1.35 bits per heavy atom. The molecule has 0 radical (unpaired) electrons. The number of carbonyl (C=O) groups excluding carboxylic acids is 1. The Labute approximate surface area is 115 Å². The highest BCUT2D eigenvalue weighted by Crippen LogP contribution is 2.15. The number of primary amides is 1. The van der Waals surface area contributed by atoms with Crippen LogP contribution in [-0.4, -0.2) is 15.9 Å². The molecule has 2 rings (SSSR count). The van der Waals surface area contributed by atoms with E-state index in [1.54, 1.807) is 12.4 Å². The first-order valence-corrected chi connectivity index (χ1v) is 5.21. The summed E-state index contributed by atoms with van der Waals surface area (Å²) in [5.41, 5.74) is 6.21. The van der Waals surface area contributed by atoms with Crippen molar-refractivity contribution >= 4 is 42.1 Å². The Morgan fingerprint density at radius 2 is 2.12 bits per heavy atom. The van der Waals surface area contributed by atoms with Crippen molar-refractivity contribution in [2.24, 2.45) is 5.73 Å². The lowest BCUT2D eigenvalue weighted by atomic mass is 10.2. The summed E-state index contributed by atoms with van der Waals surface area (Å²) in [6, 6.07) is 3.84. The Morgan fingerprint density at radius 3 is 2.65 bits per heavy atom. The number of rotatable bonds is 3. The van der Waals surface area contributed by atoms with Gasteiger partial charge in [-0.15, -0.1) is 36.2 Å². The van der Waals surface area contributed by atoms with Gasteiger partial charge in [0.2, 0.25) is 0 Å². The predicted octanol–water partition coefficient (Wildman–Crippen LogP) is 2.07. The number of amides is 1. The average molecular weight is 292 g/mol. The largest absolute Gasteiger partial charge is 0.365 e. The molecule has 0 aliphatic heterocycles. The number of hydrogen-bond acceptors (Lipinski definition) is 4. The van der Waals surface area contributed by atoms with Crippen molar-refractivity contribution < 1.29 is 4.79 Å². The third kappa shape index (κ3) is 4.30. The van der Waals surface area contributed by atoms with Crippen molar-refractivity contribution in [1.29, 1.82) is 0 Å². The van der Waals surface area contributed by atoms with E-state index in [-0.39, 0.29) is 24.8 Å². The van der Waals surface area contributed by atoms with Crippen LogP contribution in [-0.2, 0) is 6.42 Å². The van der Waals surface area contributed by atoms with Gasteiger partial charge >= 0.3 is 0 Å². The second kappa shape index (κ2) is 7.21. The maximum absolute atomic E-state index is 10.8. The van der Waals surface area contributed by atoms with Crippen LogP contribution in [0.4, 0.5) is 0 Å². The standard InChI is InChI=1S/C10H9N3OS.2ClH/c11-10(14)8-6-13-9(15-8)4-7-2-1-3-12-5-7;;/h1-3,5-6H,4H2,(H2,11,14);2*1H. The zero-order valence-electron chi connectivity index (χ0n) is 8.70. The summed E-state index contributed by atoms with van der Waals surface area (Å²) in [4.78, 5) is 19.5. The predicted molar refractivity (Wildman–Crippen MR) is 72.2 cm³/mol. The zero-order chi connectivity index (χ0) is 10.7. The number of nitrogens with zero attached hydrogens (tertiary/aromatic N) is 2. The molecule has 0 atom stereocenters. The summed E-state index contributed by atoms with van der Waals surface area (Å²) in [5.74, 6) is -0.426. The molecule has 2 aromatic heterocycles. The number of carbonyl (C=O) groups is 1. The van der Waals surface area contributed by atoms with Gasteiger partial charge < -0.3 is 5.73 Å². The van der Waals surface area contributed by atoms with Crippen LogP contribution >= 0.6 is 36.2 Å². The molecule has 1 amide bonds. The molecule has 2 aromatic rings. The van der Waals surface area contributed by atoms with Gasteiger partial charge in [-0.3, -0.25) is 9.78 Å². The molecule has 0 aromatic carbocycles. The highest BCUT2D eigenvalue weighted by atomic mass is 35.5. The van der Waals surface area contributed by atoms with Crippen molar-refractivity contribution in [3.05, 3.63) is 46.2 Å². The quantitative estimate of drug-likeness (QED) is 0.941. The lowest BCUT2D eigenvalue weighted by Gasteiger charge is -1.94. The van der Waals surface area contributed by atoms with E-state index in [0.29, 0.717) is 11.3 Å². The van der Waals surface area contributed by atoms with Crippen molar-refractivity contribution in [3.8, 4) is 0 Å². The van der Waals surface area contributed by atoms with Crippen LogP contribution in [0.3, 0.4) is 0 Å². The SMILES string of the molecule is Cl.Cl.NC(=O)c1cnc(Cc2cccnc2)s1. The summed E-state index contributed by atoms with van der Waals surface area (Å²) in [6.45, 7) is 0. The number of halogens is 2. The molecule has 0 saturated carbocycles. The molecule has 0 unspecified atom stereocenters. The Hall–Kier alpha value is -1.17. The second-order valence-corrected chi connectivity index (χ2v) is 4.14. The third-order valence-electron chi connectivity index (χ3n) is 1.87. The minimum Gasteiger partial charge on any atom is -0.365 e. The van der Waals surface area contributed by atoms with Gasteiger partial charge in [-0.05, 0) is 11.6 Å². The lowest BCUT2D eigenvalue weighted by molar-refractivity contribution is 0.100. The first-order chi connectivity index (χ1) is 7.25. The molecule has 17 heavy (non-hydrogen) atoms. The van der Waals surface area contributed by atoms with E-state index in [4.69, 9.17) is 5.73 Å². The van der Waals surface area contributed by atoms with E-state index in [9.17, 15) is 4.79 Å².